The lowest BCUT2D eigenvalue weighted by molar-refractivity contribution is 0.0520. The normalized spacial score (nSPS) is 11.4. The van der Waals surface area contributed by atoms with E-state index in [4.69, 9.17) is 33.7 Å². The molecule has 0 radical (unpaired) electrons. The van der Waals surface area contributed by atoms with E-state index in [1.54, 1.807) is 49.4 Å². The molecule has 0 bridgehead atoms. The molecular weight excluding hydrogens is 385 g/mol. The zero-order chi connectivity index (χ0) is 19.6. The number of esters is 1. The van der Waals surface area contributed by atoms with Crippen LogP contribution in [0.2, 0.25) is 10.0 Å². The van der Waals surface area contributed by atoms with Crippen LogP contribution >= 0.6 is 23.2 Å². The van der Waals surface area contributed by atoms with Crippen LogP contribution in [0.15, 0.2) is 36.4 Å². The number of aromatic amines is 1. The number of carbonyl (C=O) groups is 1. The molecule has 136 valence electrons. The second-order valence-electron chi connectivity index (χ2n) is 5.74. The molecule has 5 nitrogen and oxygen atoms in total. The molecule has 0 amide bonds. The number of benzene rings is 2. The van der Waals surface area contributed by atoms with E-state index in [9.17, 15) is 10.1 Å². The average molecular weight is 400 g/mol. The Hall–Kier alpha value is -2.94. The Morgan fingerprint density at radius 3 is 2.63 bits per heavy atom. The molecule has 0 unspecified atom stereocenters. The lowest BCUT2D eigenvalue weighted by atomic mass is 10.0. The fourth-order valence-corrected chi connectivity index (χ4v) is 3.36. The largest absolute Gasteiger partial charge is 0.461 e. The minimum atomic E-state index is -0.540. The predicted molar refractivity (Wildman–Crippen MR) is 109 cm³/mol. The Morgan fingerprint density at radius 1 is 1.30 bits per heavy atom. The van der Waals surface area contributed by atoms with Crippen LogP contribution in [0.25, 0.3) is 22.6 Å². The van der Waals surface area contributed by atoms with Gasteiger partial charge >= 0.3 is 5.97 Å². The van der Waals surface area contributed by atoms with Gasteiger partial charge in [0.15, 0.2) is 0 Å². The molecule has 0 atom stereocenters. The topological polar surface area (TPSA) is 91.9 Å². The van der Waals surface area contributed by atoms with Gasteiger partial charge in [-0.3, -0.25) is 0 Å². The highest BCUT2D eigenvalue weighted by molar-refractivity contribution is 6.39. The number of nitrogens with one attached hydrogen (secondary N) is 1. The van der Waals surface area contributed by atoms with Crippen LogP contribution in [0, 0.1) is 11.3 Å². The SMILES string of the molecule is CCOC(=O)c1[nH]c2cc(Cl)cc(Cl)c2c1/C=C(\C#N)c1ccc(N)cc1. The first kappa shape index (κ1) is 18.8. The lowest BCUT2D eigenvalue weighted by Gasteiger charge is -2.04. The summed E-state index contributed by atoms with van der Waals surface area (Å²) in [4.78, 5) is 15.4. The Kier molecular flexibility index (Phi) is 5.41. The molecule has 0 saturated carbocycles. The number of fused-ring (bicyclic) bond motifs is 1. The molecule has 0 fully saturated rings. The number of hydrogen-bond acceptors (Lipinski definition) is 4. The molecule has 1 heterocycles. The van der Waals surface area contributed by atoms with Gasteiger partial charge < -0.3 is 15.5 Å². The first-order valence-electron chi connectivity index (χ1n) is 8.10. The molecule has 0 aliphatic rings. The maximum Gasteiger partial charge on any atom is 0.355 e. The predicted octanol–water partition coefficient (Wildman–Crippen LogP) is 5.30. The summed E-state index contributed by atoms with van der Waals surface area (Å²) in [5.41, 5.74) is 8.58. The van der Waals surface area contributed by atoms with Crippen LogP contribution in [0.4, 0.5) is 5.69 Å². The number of nitrogens with zero attached hydrogens (tertiary/aromatic N) is 1. The van der Waals surface area contributed by atoms with Gasteiger partial charge in [-0.05, 0) is 42.8 Å². The van der Waals surface area contributed by atoms with Crippen LogP contribution in [0.1, 0.15) is 28.5 Å². The van der Waals surface area contributed by atoms with E-state index < -0.39 is 5.97 Å². The third-order valence-corrected chi connectivity index (χ3v) is 4.48. The van der Waals surface area contributed by atoms with Crippen LogP contribution in [0.3, 0.4) is 0 Å². The number of nitrogens with two attached hydrogens (primary N) is 1. The van der Waals surface area contributed by atoms with Gasteiger partial charge in [-0.1, -0.05) is 35.3 Å². The number of rotatable bonds is 4. The Bertz CT molecular complexity index is 1090. The fraction of sp³-hybridized carbons (Fsp3) is 0.100. The highest BCUT2D eigenvalue weighted by Crippen LogP contribution is 2.35. The summed E-state index contributed by atoms with van der Waals surface area (Å²) in [6, 6.07) is 12.3. The highest BCUT2D eigenvalue weighted by atomic mass is 35.5. The van der Waals surface area contributed by atoms with Crippen molar-refractivity contribution in [1.82, 2.24) is 4.98 Å². The molecular formula is C20H15Cl2N3O2. The van der Waals surface area contributed by atoms with Gasteiger partial charge in [-0.15, -0.1) is 0 Å². The summed E-state index contributed by atoms with van der Waals surface area (Å²) < 4.78 is 5.13. The quantitative estimate of drug-likeness (QED) is 0.353. The Morgan fingerprint density at radius 2 is 2.00 bits per heavy atom. The van der Waals surface area contributed by atoms with Crippen molar-refractivity contribution in [2.75, 3.05) is 12.3 Å². The van der Waals surface area contributed by atoms with E-state index in [1.165, 1.54) is 0 Å². The first-order chi connectivity index (χ1) is 12.9. The second-order valence-corrected chi connectivity index (χ2v) is 6.58. The van der Waals surface area contributed by atoms with Gasteiger partial charge in [-0.25, -0.2) is 4.79 Å². The number of nitriles is 1. The standard InChI is InChI=1S/C20H15Cl2N3O2/c1-2-27-20(26)19-15(18-16(22)8-13(21)9-17(18)25-19)7-12(10-23)11-3-5-14(24)6-4-11/h3-9,25H,2,24H2,1H3/b12-7+. The summed E-state index contributed by atoms with van der Waals surface area (Å²) in [7, 11) is 0. The van der Waals surface area contributed by atoms with Crippen LogP contribution < -0.4 is 5.73 Å². The van der Waals surface area contributed by atoms with Gasteiger partial charge in [0, 0.05) is 27.2 Å². The van der Waals surface area contributed by atoms with Crippen molar-refractivity contribution in [3.8, 4) is 6.07 Å². The van der Waals surface area contributed by atoms with Crippen LogP contribution in [-0.4, -0.2) is 17.6 Å². The van der Waals surface area contributed by atoms with Gasteiger partial charge in [0.25, 0.3) is 0 Å². The van der Waals surface area contributed by atoms with E-state index in [0.717, 1.165) is 0 Å². The van der Waals surface area contributed by atoms with Gasteiger partial charge in [0.1, 0.15) is 5.69 Å². The number of nitrogen functional groups attached to an aromatic ring is 1. The molecule has 27 heavy (non-hydrogen) atoms. The van der Waals surface area contributed by atoms with Crippen molar-refractivity contribution >= 4 is 57.4 Å². The number of H-pyrrole nitrogens is 1. The van der Waals surface area contributed by atoms with E-state index in [0.29, 0.717) is 43.3 Å². The summed E-state index contributed by atoms with van der Waals surface area (Å²) >= 11 is 12.4. The van der Waals surface area contributed by atoms with E-state index in [1.807, 2.05) is 0 Å². The smallest absolute Gasteiger partial charge is 0.355 e. The highest BCUT2D eigenvalue weighted by Gasteiger charge is 2.20. The summed E-state index contributed by atoms with van der Waals surface area (Å²) in [5.74, 6) is -0.540. The van der Waals surface area contributed by atoms with Crippen LogP contribution in [0.5, 0.6) is 0 Å². The monoisotopic (exact) mass is 399 g/mol. The molecule has 3 N–H and O–H groups in total. The van der Waals surface area contributed by atoms with Gasteiger partial charge in [-0.2, -0.15) is 5.26 Å². The number of aromatic nitrogens is 1. The molecule has 1 aromatic heterocycles. The van der Waals surface area contributed by atoms with Gasteiger partial charge in [0.2, 0.25) is 0 Å². The zero-order valence-corrected chi connectivity index (χ0v) is 15.9. The van der Waals surface area contributed by atoms with Crippen molar-refractivity contribution in [2.45, 2.75) is 6.92 Å². The first-order valence-corrected chi connectivity index (χ1v) is 8.85. The molecule has 0 spiro atoms. The maximum atomic E-state index is 12.4. The van der Waals surface area contributed by atoms with E-state index in [-0.39, 0.29) is 12.3 Å². The summed E-state index contributed by atoms with van der Waals surface area (Å²) in [5, 5.41) is 11.0. The number of hydrogen-bond donors (Lipinski definition) is 2. The summed E-state index contributed by atoms with van der Waals surface area (Å²) in [6.07, 6.45) is 1.61. The molecule has 0 aliphatic carbocycles. The van der Waals surface area contributed by atoms with Crippen molar-refractivity contribution < 1.29 is 9.53 Å². The Labute approximate surface area is 165 Å². The maximum absolute atomic E-state index is 12.4. The second kappa shape index (κ2) is 7.75. The number of halogens is 2. The Balaban J connectivity index is 2.27. The summed E-state index contributed by atoms with van der Waals surface area (Å²) in [6.45, 7) is 1.93. The third-order valence-electron chi connectivity index (χ3n) is 3.96. The number of ether oxygens (including phenoxy) is 1. The van der Waals surface area contributed by atoms with Crippen molar-refractivity contribution in [3.63, 3.8) is 0 Å². The number of carbonyl (C=O) groups excluding carboxylic acids is 1. The van der Waals surface area contributed by atoms with Crippen molar-refractivity contribution in [2.24, 2.45) is 0 Å². The minimum Gasteiger partial charge on any atom is -0.461 e. The van der Waals surface area contributed by atoms with Crippen LogP contribution in [-0.2, 0) is 4.74 Å². The molecule has 0 saturated heterocycles. The van der Waals surface area contributed by atoms with Crippen molar-refractivity contribution in [1.29, 1.82) is 5.26 Å². The molecule has 2 aromatic carbocycles. The zero-order valence-electron chi connectivity index (χ0n) is 14.3. The van der Waals surface area contributed by atoms with Gasteiger partial charge in [0.05, 0.1) is 23.3 Å². The lowest BCUT2D eigenvalue weighted by Crippen LogP contribution is -2.06. The molecule has 7 heteroatoms. The molecule has 3 rings (SSSR count). The third kappa shape index (κ3) is 3.77. The fourth-order valence-electron chi connectivity index (χ4n) is 2.77. The number of anilines is 1. The van der Waals surface area contributed by atoms with Crippen molar-refractivity contribution in [3.05, 3.63) is 63.3 Å². The van der Waals surface area contributed by atoms with E-state index >= 15 is 0 Å². The molecule has 0 aliphatic heterocycles. The van der Waals surface area contributed by atoms with E-state index in [2.05, 4.69) is 11.1 Å². The average Bonchev–Trinajstić information content (AvgIpc) is 2.99. The minimum absolute atomic E-state index is 0.208. The molecule has 3 aromatic rings. The number of allylic oxidation sites excluding steroid dienone is 1.